The summed E-state index contributed by atoms with van der Waals surface area (Å²) < 4.78 is 5.19. The molecule has 0 aliphatic carbocycles. The van der Waals surface area contributed by atoms with Crippen LogP contribution in [0.4, 0.5) is 0 Å². The molecule has 1 aromatic rings. The Bertz CT molecular complexity index is 323. The van der Waals surface area contributed by atoms with Gasteiger partial charge in [-0.3, -0.25) is 0 Å². The first-order chi connectivity index (χ1) is 6.48. The molecule has 14 heavy (non-hydrogen) atoms. The van der Waals surface area contributed by atoms with Crippen molar-refractivity contribution in [3.8, 4) is 0 Å². The fraction of sp³-hybridized carbons (Fsp3) is 0.500. The Morgan fingerprint density at radius 3 is 2.00 bits per heavy atom. The van der Waals surface area contributed by atoms with Crippen LogP contribution in [0, 0.1) is 0 Å². The van der Waals surface area contributed by atoms with Crippen molar-refractivity contribution in [2.45, 2.75) is 37.9 Å². The second-order valence-corrected chi connectivity index (χ2v) is 5.21. The molecule has 2 atom stereocenters. The van der Waals surface area contributed by atoms with Crippen LogP contribution in [-0.2, 0) is 10.2 Å². The van der Waals surface area contributed by atoms with Crippen molar-refractivity contribution in [1.29, 1.82) is 0 Å². The molecule has 0 spiro atoms. The van der Waals surface area contributed by atoms with E-state index in [0.717, 1.165) is 0 Å². The highest BCUT2D eigenvalue weighted by Crippen LogP contribution is 2.41. The molecule has 1 aliphatic heterocycles. The van der Waals surface area contributed by atoms with Gasteiger partial charge in [-0.1, -0.05) is 56.6 Å². The number of benzene rings is 1. The summed E-state index contributed by atoms with van der Waals surface area (Å²) in [6.07, 6.45) is 0.116. The van der Waals surface area contributed by atoms with E-state index in [2.05, 4.69) is 45.0 Å². The molecule has 0 amide bonds. The average molecular weight is 211 g/mol. The Labute approximate surface area is 90.0 Å². The number of rotatable bonds is 1. The molecular weight excluding hydrogens is 196 g/mol. The molecule has 76 valence electrons. The minimum atomic E-state index is -0.115. The molecule has 0 radical (unpaired) electrons. The first kappa shape index (κ1) is 10.0. The van der Waals surface area contributed by atoms with Crippen molar-refractivity contribution in [2.75, 3.05) is 0 Å². The zero-order chi connectivity index (χ0) is 10.3. The van der Waals surface area contributed by atoms with Crippen LogP contribution in [0.15, 0.2) is 24.3 Å². The molecule has 1 nitrogen and oxygen atoms in total. The number of epoxide rings is 1. The predicted octanol–water partition coefficient (Wildman–Crippen LogP) is 3.62. The van der Waals surface area contributed by atoms with Crippen LogP contribution in [0.2, 0.25) is 0 Å². The Kier molecular flexibility index (Phi) is 2.32. The predicted molar refractivity (Wildman–Crippen MR) is 58.6 cm³/mol. The van der Waals surface area contributed by atoms with Gasteiger partial charge in [0, 0.05) is 0 Å². The molecule has 1 fully saturated rings. The van der Waals surface area contributed by atoms with E-state index >= 15 is 0 Å². The SMILES string of the molecule is CC(C)(C)c1ccc(C2OC2Cl)cc1. The van der Waals surface area contributed by atoms with Crippen molar-refractivity contribution in [1.82, 2.24) is 0 Å². The summed E-state index contributed by atoms with van der Waals surface area (Å²) in [6, 6.07) is 8.52. The second kappa shape index (κ2) is 3.25. The van der Waals surface area contributed by atoms with Crippen molar-refractivity contribution in [3.05, 3.63) is 35.4 Å². The van der Waals surface area contributed by atoms with Crippen molar-refractivity contribution >= 4 is 11.6 Å². The third-order valence-electron chi connectivity index (χ3n) is 2.54. The van der Waals surface area contributed by atoms with Crippen LogP contribution in [-0.4, -0.2) is 5.56 Å². The van der Waals surface area contributed by atoms with Gasteiger partial charge in [0.05, 0.1) is 0 Å². The van der Waals surface area contributed by atoms with Gasteiger partial charge in [-0.15, -0.1) is 0 Å². The molecule has 1 aromatic carbocycles. The van der Waals surface area contributed by atoms with E-state index < -0.39 is 0 Å². The summed E-state index contributed by atoms with van der Waals surface area (Å²) in [7, 11) is 0. The Balaban J connectivity index is 2.18. The summed E-state index contributed by atoms with van der Waals surface area (Å²) in [6.45, 7) is 6.62. The smallest absolute Gasteiger partial charge is 0.162 e. The lowest BCUT2D eigenvalue weighted by Crippen LogP contribution is -2.10. The van der Waals surface area contributed by atoms with Crippen LogP contribution in [0.1, 0.15) is 38.0 Å². The van der Waals surface area contributed by atoms with E-state index in [0.29, 0.717) is 0 Å². The van der Waals surface area contributed by atoms with Gasteiger partial charge in [0.2, 0.25) is 0 Å². The molecular formula is C12H15ClO. The molecule has 2 rings (SSSR count). The topological polar surface area (TPSA) is 12.5 Å². The van der Waals surface area contributed by atoms with Crippen molar-refractivity contribution in [3.63, 3.8) is 0 Å². The second-order valence-electron chi connectivity index (χ2n) is 4.78. The minimum Gasteiger partial charge on any atom is -0.347 e. The molecule has 1 aliphatic rings. The highest BCUT2D eigenvalue weighted by Gasteiger charge is 2.38. The Morgan fingerprint density at radius 1 is 1.14 bits per heavy atom. The molecule has 1 saturated heterocycles. The lowest BCUT2D eigenvalue weighted by atomic mass is 9.86. The number of ether oxygens (including phenoxy) is 1. The van der Waals surface area contributed by atoms with E-state index in [1.807, 2.05) is 0 Å². The van der Waals surface area contributed by atoms with Gasteiger partial charge in [0.15, 0.2) is 5.56 Å². The van der Waals surface area contributed by atoms with Gasteiger partial charge in [-0.05, 0) is 16.5 Å². The molecule has 2 heteroatoms. The summed E-state index contributed by atoms with van der Waals surface area (Å²) in [5, 5.41) is 0. The van der Waals surface area contributed by atoms with E-state index in [-0.39, 0.29) is 17.1 Å². The van der Waals surface area contributed by atoms with Crippen LogP contribution in [0.5, 0.6) is 0 Å². The fourth-order valence-corrected chi connectivity index (χ4v) is 1.75. The standard InChI is InChI=1S/C12H15ClO/c1-12(2,3)9-6-4-8(5-7-9)10-11(13)14-10/h4-7,10-11H,1-3H3. The number of alkyl halides is 1. The summed E-state index contributed by atoms with van der Waals surface area (Å²) >= 11 is 5.79. The molecule has 2 unspecified atom stereocenters. The highest BCUT2D eigenvalue weighted by atomic mass is 35.5. The van der Waals surface area contributed by atoms with Crippen LogP contribution in [0.3, 0.4) is 0 Å². The lowest BCUT2D eigenvalue weighted by molar-refractivity contribution is 0.404. The van der Waals surface area contributed by atoms with Crippen LogP contribution in [0.25, 0.3) is 0 Å². The van der Waals surface area contributed by atoms with Crippen LogP contribution >= 0.6 is 11.6 Å². The van der Waals surface area contributed by atoms with Gasteiger partial charge < -0.3 is 4.74 Å². The maximum Gasteiger partial charge on any atom is 0.162 e. The molecule has 1 heterocycles. The maximum atomic E-state index is 5.79. The van der Waals surface area contributed by atoms with Crippen molar-refractivity contribution in [2.24, 2.45) is 0 Å². The third kappa shape index (κ3) is 1.94. The van der Waals surface area contributed by atoms with Gasteiger partial charge in [0.1, 0.15) is 6.10 Å². The van der Waals surface area contributed by atoms with Gasteiger partial charge in [0.25, 0.3) is 0 Å². The van der Waals surface area contributed by atoms with Gasteiger partial charge in [-0.2, -0.15) is 0 Å². The summed E-state index contributed by atoms with van der Waals surface area (Å²) in [4.78, 5) is 0. The van der Waals surface area contributed by atoms with E-state index in [9.17, 15) is 0 Å². The van der Waals surface area contributed by atoms with E-state index in [1.54, 1.807) is 0 Å². The average Bonchev–Trinajstić information content (AvgIpc) is 2.81. The van der Waals surface area contributed by atoms with E-state index in [1.165, 1.54) is 11.1 Å². The van der Waals surface area contributed by atoms with E-state index in [4.69, 9.17) is 16.3 Å². The number of halogens is 1. The Hall–Kier alpha value is -0.530. The fourth-order valence-electron chi connectivity index (χ4n) is 1.50. The maximum absolute atomic E-state index is 5.79. The Morgan fingerprint density at radius 2 is 1.64 bits per heavy atom. The third-order valence-corrected chi connectivity index (χ3v) is 2.87. The minimum absolute atomic E-state index is 0.115. The molecule has 0 aromatic heterocycles. The van der Waals surface area contributed by atoms with Crippen LogP contribution < -0.4 is 0 Å². The lowest BCUT2D eigenvalue weighted by Gasteiger charge is -2.18. The van der Waals surface area contributed by atoms with Gasteiger partial charge in [-0.25, -0.2) is 0 Å². The van der Waals surface area contributed by atoms with Crippen molar-refractivity contribution < 1.29 is 4.74 Å². The summed E-state index contributed by atoms with van der Waals surface area (Å²) in [5.74, 6) is 0. The largest absolute Gasteiger partial charge is 0.347 e. The zero-order valence-corrected chi connectivity index (χ0v) is 9.51. The quantitative estimate of drug-likeness (QED) is 0.510. The zero-order valence-electron chi connectivity index (χ0n) is 8.75. The highest BCUT2D eigenvalue weighted by molar-refractivity contribution is 6.21. The first-order valence-corrected chi connectivity index (χ1v) is 5.32. The normalized spacial score (nSPS) is 26.3. The number of hydrogen-bond acceptors (Lipinski definition) is 1. The monoisotopic (exact) mass is 210 g/mol. The number of hydrogen-bond donors (Lipinski definition) is 0. The molecule has 0 N–H and O–H groups in total. The van der Waals surface area contributed by atoms with Gasteiger partial charge >= 0.3 is 0 Å². The summed E-state index contributed by atoms with van der Waals surface area (Å²) in [5.41, 5.74) is 2.62. The first-order valence-electron chi connectivity index (χ1n) is 4.88. The molecule has 0 saturated carbocycles. The molecule has 0 bridgehead atoms.